The number of hydrazine groups is 1. The molecule has 0 heterocycles. The maximum Gasteiger partial charge on any atom is 0.276 e. The molecule has 0 saturated carbocycles. The molecule has 0 spiro atoms. The van der Waals surface area contributed by atoms with Gasteiger partial charge >= 0.3 is 0 Å². The van der Waals surface area contributed by atoms with Crippen LogP contribution in [-0.4, -0.2) is 25.0 Å². The summed E-state index contributed by atoms with van der Waals surface area (Å²) >= 11 is 0. The Bertz CT molecular complexity index is 701. The molecule has 2 aromatic rings. The summed E-state index contributed by atoms with van der Waals surface area (Å²) in [6.07, 6.45) is 0. The van der Waals surface area contributed by atoms with Crippen molar-refractivity contribution in [2.45, 2.75) is 39.5 Å². The lowest BCUT2D eigenvalue weighted by atomic mass is 10.0. The van der Waals surface area contributed by atoms with Crippen molar-refractivity contribution in [3.8, 4) is 11.5 Å². The van der Waals surface area contributed by atoms with Crippen LogP contribution in [0.4, 0.5) is 0 Å². The Hall–Kier alpha value is -3.02. The molecule has 28 heavy (non-hydrogen) atoms. The highest BCUT2D eigenvalue weighted by molar-refractivity contribution is 5.83. The van der Waals surface area contributed by atoms with E-state index in [9.17, 15) is 9.59 Å². The third kappa shape index (κ3) is 6.95. The first-order valence-corrected chi connectivity index (χ1v) is 9.38. The molecule has 0 radical (unpaired) electrons. The van der Waals surface area contributed by atoms with Crippen LogP contribution in [0.5, 0.6) is 11.5 Å². The van der Waals surface area contributed by atoms with Gasteiger partial charge in [-0.15, -0.1) is 0 Å². The Morgan fingerprint density at radius 3 is 1.29 bits per heavy atom. The summed E-state index contributed by atoms with van der Waals surface area (Å²) in [6, 6.07) is 15.1. The minimum Gasteiger partial charge on any atom is -0.484 e. The zero-order chi connectivity index (χ0) is 20.5. The number of carbonyl (C=O) groups excluding carboxylic acids is 2. The molecule has 0 fully saturated rings. The first-order chi connectivity index (χ1) is 13.3. The zero-order valence-electron chi connectivity index (χ0n) is 16.8. The fourth-order valence-electron chi connectivity index (χ4n) is 2.41. The first-order valence-electron chi connectivity index (χ1n) is 9.38. The van der Waals surface area contributed by atoms with E-state index in [1.54, 1.807) is 0 Å². The molecule has 2 rings (SSSR count). The van der Waals surface area contributed by atoms with Gasteiger partial charge in [-0.3, -0.25) is 20.4 Å². The van der Waals surface area contributed by atoms with E-state index in [0.717, 1.165) is 0 Å². The third-order valence-electron chi connectivity index (χ3n) is 4.17. The maximum absolute atomic E-state index is 11.8. The molecule has 0 saturated heterocycles. The van der Waals surface area contributed by atoms with Crippen LogP contribution in [0.1, 0.15) is 50.7 Å². The monoisotopic (exact) mass is 384 g/mol. The molecule has 0 aliphatic carbocycles. The van der Waals surface area contributed by atoms with Crippen molar-refractivity contribution in [1.82, 2.24) is 10.9 Å². The van der Waals surface area contributed by atoms with Crippen molar-refractivity contribution < 1.29 is 19.1 Å². The van der Waals surface area contributed by atoms with E-state index in [4.69, 9.17) is 9.47 Å². The third-order valence-corrected chi connectivity index (χ3v) is 4.17. The highest BCUT2D eigenvalue weighted by atomic mass is 16.5. The molecule has 0 bridgehead atoms. The second-order valence-corrected chi connectivity index (χ2v) is 7.12. The van der Waals surface area contributed by atoms with Gasteiger partial charge in [0.15, 0.2) is 13.2 Å². The molecule has 0 unspecified atom stereocenters. The topological polar surface area (TPSA) is 76.7 Å². The Balaban J connectivity index is 1.66. The molecule has 2 aromatic carbocycles. The number of carbonyl (C=O) groups is 2. The maximum atomic E-state index is 11.8. The molecule has 6 heteroatoms. The van der Waals surface area contributed by atoms with Crippen LogP contribution in [0.3, 0.4) is 0 Å². The van der Waals surface area contributed by atoms with Crippen LogP contribution in [0.25, 0.3) is 0 Å². The normalized spacial score (nSPS) is 10.6. The Labute approximate surface area is 166 Å². The van der Waals surface area contributed by atoms with Crippen molar-refractivity contribution in [2.75, 3.05) is 13.2 Å². The minimum atomic E-state index is -0.456. The van der Waals surface area contributed by atoms with Crippen LogP contribution in [0, 0.1) is 0 Å². The number of hydrogen-bond acceptors (Lipinski definition) is 4. The number of nitrogens with one attached hydrogen (secondary N) is 2. The highest BCUT2D eigenvalue weighted by Crippen LogP contribution is 2.19. The molecular weight excluding hydrogens is 356 g/mol. The summed E-state index contributed by atoms with van der Waals surface area (Å²) in [5, 5.41) is 0. The van der Waals surface area contributed by atoms with E-state index < -0.39 is 11.8 Å². The molecule has 0 atom stereocenters. The summed E-state index contributed by atoms with van der Waals surface area (Å²) in [6.45, 7) is 8.04. The van der Waals surface area contributed by atoms with Crippen molar-refractivity contribution in [2.24, 2.45) is 0 Å². The second kappa shape index (κ2) is 10.3. The molecule has 0 aliphatic heterocycles. The molecule has 2 amide bonds. The van der Waals surface area contributed by atoms with E-state index >= 15 is 0 Å². The van der Waals surface area contributed by atoms with Gasteiger partial charge in [0.05, 0.1) is 0 Å². The highest BCUT2D eigenvalue weighted by Gasteiger charge is 2.07. The lowest BCUT2D eigenvalue weighted by Gasteiger charge is -2.11. The van der Waals surface area contributed by atoms with Crippen LogP contribution in [-0.2, 0) is 9.59 Å². The average molecular weight is 384 g/mol. The van der Waals surface area contributed by atoms with E-state index in [0.29, 0.717) is 23.3 Å². The average Bonchev–Trinajstić information content (AvgIpc) is 2.69. The van der Waals surface area contributed by atoms with Gasteiger partial charge in [0, 0.05) is 0 Å². The number of ether oxygens (including phenoxy) is 2. The Morgan fingerprint density at radius 2 is 1.00 bits per heavy atom. The van der Waals surface area contributed by atoms with E-state index in [-0.39, 0.29) is 13.2 Å². The minimum absolute atomic E-state index is 0.196. The standard InChI is InChI=1S/C22H28N2O4/c1-15(2)17-5-9-19(10-6-17)27-13-21(25)23-24-22(26)14-28-20-11-7-18(8-12-20)16(3)4/h5-12,15-16H,13-14H2,1-4H3,(H,23,25)(H,24,26). The van der Waals surface area contributed by atoms with Gasteiger partial charge in [-0.25, -0.2) is 0 Å². The smallest absolute Gasteiger partial charge is 0.276 e. The number of rotatable bonds is 8. The Kier molecular flexibility index (Phi) is 7.87. The van der Waals surface area contributed by atoms with Crippen LogP contribution in [0.15, 0.2) is 48.5 Å². The van der Waals surface area contributed by atoms with Crippen molar-refractivity contribution in [1.29, 1.82) is 0 Å². The summed E-state index contributed by atoms with van der Waals surface area (Å²) in [4.78, 5) is 23.6. The van der Waals surface area contributed by atoms with Gasteiger partial charge in [-0.05, 0) is 47.2 Å². The largest absolute Gasteiger partial charge is 0.484 e. The van der Waals surface area contributed by atoms with Crippen molar-refractivity contribution in [3.63, 3.8) is 0 Å². The summed E-state index contributed by atoms with van der Waals surface area (Å²) in [5.74, 6) is 1.15. The lowest BCUT2D eigenvalue weighted by molar-refractivity contribution is -0.131. The zero-order valence-corrected chi connectivity index (χ0v) is 16.8. The fraction of sp³-hybridized carbons (Fsp3) is 0.364. The van der Waals surface area contributed by atoms with Gasteiger partial charge < -0.3 is 9.47 Å². The lowest BCUT2D eigenvalue weighted by Crippen LogP contribution is -2.45. The van der Waals surface area contributed by atoms with Crippen molar-refractivity contribution >= 4 is 11.8 Å². The molecule has 150 valence electrons. The van der Waals surface area contributed by atoms with Crippen LogP contribution >= 0.6 is 0 Å². The molecule has 0 aromatic heterocycles. The second-order valence-electron chi connectivity index (χ2n) is 7.12. The van der Waals surface area contributed by atoms with Crippen LogP contribution < -0.4 is 20.3 Å². The molecule has 6 nitrogen and oxygen atoms in total. The van der Waals surface area contributed by atoms with Crippen LogP contribution in [0.2, 0.25) is 0 Å². The van der Waals surface area contributed by atoms with Gasteiger partial charge in [-0.1, -0.05) is 52.0 Å². The molecule has 0 aliphatic rings. The number of hydrogen-bond donors (Lipinski definition) is 2. The molecular formula is C22H28N2O4. The fourth-order valence-corrected chi connectivity index (χ4v) is 2.41. The van der Waals surface area contributed by atoms with E-state index in [1.165, 1.54) is 11.1 Å². The Morgan fingerprint density at radius 1 is 0.679 bits per heavy atom. The summed E-state index contributed by atoms with van der Waals surface area (Å²) < 4.78 is 10.8. The molecule has 2 N–H and O–H groups in total. The van der Waals surface area contributed by atoms with E-state index in [1.807, 2.05) is 48.5 Å². The van der Waals surface area contributed by atoms with Gasteiger partial charge in [0.25, 0.3) is 11.8 Å². The number of benzene rings is 2. The SMILES string of the molecule is CC(C)c1ccc(OCC(=O)NNC(=O)COc2ccc(C(C)C)cc2)cc1. The van der Waals surface area contributed by atoms with Gasteiger partial charge in [0.1, 0.15) is 11.5 Å². The number of amides is 2. The summed E-state index contributed by atoms with van der Waals surface area (Å²) in [5.41, 5.74) is 6.99. The first kappa shape index (κ1) is 21.3. The summed E-state index contributed by atoms with van der Waals surface area (Å²) in [7, 11) is 0. The predicted octanol–water partition coefficient (Wildman–Crippen LogP) is 3.54. The predicted molar refractivity (Wildman–Crippen MR) is 108 cm³/mol. The van der Waals surface area contributed by atoms with Crippen molar-refractivity contribution in [3.05, 3.63) is 59.7 Å². The van der Waals surface area contributed by atoms with Gasteiger partial charge in [-0.2, -0.15) is 0 Å². The quantitative estimate of drug-likeness (QED) is 0.683. The van der Waals surface area contributed by atoms with Gasteiger partial charge in [0.2, 0.25) is 0 Å². The van der Waals surface area contributed by atoms with E-state index in [2.05, 4.69) is 38.5 Å².